The summed E-state index contributed by atoms with van der Waals surface area (Å²) in [7, 11) is -43.2. The van der Waals surface area contributed by atoms with E-state index in [-0.39, 0.29) is 48.7 Å². The molecular weight excluding hydrogens is 1690 g/mol. The Morgan fingerprint density at radius 1 is 0.185 bits per heavy atom. The molecule has 119 heavy (non-hydrogen) atoms. The first kappa shape index (κ1) is 129. The van der Waals surface area contributed by atoms with Crippen molar-refractivity contribution in [3.05, 3.63) is 209 Å². The van der Waals surface area contributed by atoms with Crippen molar-refractivity contribution in [3.8, 4) is 0 Å². The predicted molar refractivity (Wildman–Crippen MR) is 452 cm³/mol. The molecule has 4 unspecified atom stereocenters. The Morgan fingerprint density at radius 2 is 0.286 bits per heavy atom. The Bertz CT molecular complexity index is 3330. The minimum Gasteiger partial charge on any atom is -0.790 e. The van der Waals surface area contributed by atoms with Crippen molar-refractivity contribution in [2.24, 2.45) is 0 Å². The van der Waals surface area contributed by atoms with Crippen molar-refractivity contribution in [1.29, 1.82) is 0 Å². The first-order valence-corrected chi connectivity index (χ1v) is 50.1. The van der Waals surface area contributed by atoms with E-state index in [2.05, 4.69) is 219 Å². The van der Waals surface area contributed by atoms with E-state index in [0.29, 0.717) is 25.7 Å². The molecule has 0 fully saturated rings. The van der Waals surface area contributed by atoms with Crippen LogP contribution in [0.1, 0.15) is 293 Å². The molecule has 0 aromatic carbocycles. The van der Waals surface area contributed by atoms with Gasteiger partial charge in [0.05, 0.1) is 57.7 Å². The number of allylic oxidation sites excluding steroid dienone is 28. The summed E-state index contributed by atoms with van der Waals surface area (Å²) in [6.45, 7) is 39.6. The second-order valence-electron chi connectivity index (χ2n) is 29.3. The van der Waals surface area contributed by atoms with Crippen LogP contribution in [0, 0.1) is 22.3 Å². The van der Waals surface area contributed by atoms with Crippen LogP contribution in [0.5, 0.6) is 0 Å². The zero-order chi connectivity index (χ0) is 90.0. The summed E-state index contributed by atoms with van der Waals surface area (Å²) in [6.07, 6.45) is 55.5. The summed E-state index contributed by atoms with van der Waals surface area (Å²) < 4.78 is 117. The van der Waals surface area contributed by atoms with E-state index in [1.54, 1.807) is 0 Å². The smallest absolute Gasteiger partial charge is 0.790 e. The van der Waals surface area contributed by atoms with Crippen molar-refractivity contribution in [1.82, 2.24) is 0 Å². The van der Waals surface area contributed by atoms with Crippen LogP contribution in [0.2, 0.25) is 0 Å². The van der Waals surface area contributed by atoms with Gasteiger partial charge in [-0.25, -0.2) is 0 Å². The minimum atomic E-state index is -5.64. The predicted octanol–water partition coefficient (Wildman–Crippen LogP) is 18.1. The molecular formula is C83H132O28P8. The molecule has 0 aliphatic carbocycles. The maximum Gasteiger partial charge on any atom is 4.00 e. The molecule has 28 nitrogen and oxygen atoms in total. The van der Waals surface area contributed by atoms with Gasteiger partial charge in [0.1, 0.15) is 0 Å². The van der Waals surface area contributed by atoms with Gasteiger partial charge < -0.3 is 95.1 Å². The first-order chi connectivity index (χ1) is 53.2. The number of phosphoric acid groups is 8. The average Bonchev–Trinajstić information content (AvgIpc) is 0.900. The zero-order valence-electron chi connectivity index (χ0n) is 73.5. The Labute approximate surface area is 717 Å². The van der Waals surface area contributed by atoms with Crippen LogP contribution in [0.25, 0.3) is 0 Å². The fourth-order valence-electron chi connectivity index (χ4n) is 9.62. The number of hydrogen-bond donors (Lipinski definition) is 0. The standard InChI is InChI=1S/4C20H36O7P2.3C/c4*1-17(2)9-6-10-18(3)11-7-12-19(4)13-8-14-20(5)15-16-26-29(24,25)27-28(21,22)23;;;/h4*9,11,13,15H,6-8,10,12,14,16H2,1-5H3,(H,24,25)(H2,21,22,23);;;/q;;;;3*+4/p-12. The maximum atomic E-state index is 11.1. The van der Waals surface area contributed by atoms with Crippen molar-refractivity contribution >= 4 is 62.6 Å². The number of hydrogen-bond acceptors (Lipinski definition) is 28. The Balaban J connectivity index is -0.000000279. The van der Waals surface area contributed by atoms with Gasteiger partial charge in [0.2, 0.25) is 0 Å². The summed E-state index contributed by atoms with van der Waals surface area (Å²) in [4.78, 5) is 127. The van der Waals surface area contributed by atoms with Crippen molar-refractivity contribution in [3.63, 3.8) is 0 Å². The second kappa shape index (κ2) is 71.0. The van der Waals surface area contributed by atoms with Crippen LogP contribution in [0.15, 0.2) is 186 Å². The Kier molecular flexibility index (Phi) is 76.9. The molecule has 36 heteroatoms. The van der Waals surface area contributed by atoms with Crippen LogP contribution in [0.4, 0.5) is 0 Å². The van der Waals surface area contributed by atoms with Gasteiger partial charge in [-0.3, -0.25) is 35.5 Å². The quantitative estimate of drug-likeness (QED) is 0.0403. The summed E-state index contributed by atoms with van der Waals surface area (Å²) in [5.74, 6) is 0. The monoisotopic (exact) mass is 1820 g/mol. The van der Waals surface area contributed by atoms with Crippen LogP contribution in [-0.2, 0) is 71.9 Å². The third kappa shape index (κ3) is 100. The van der Waals surface area contributed by atoms with Crippen molar-refractivity contribution in [2.75, 3.05) is 26.4 Å². The molecule has 0 heterocycles. The number of phosphoric ester groups is 4. The normalized spacial score (nSPS) is 15.5. The largest absolute Gasteiger partial charge is 4.00 e. The molecule has 0 aliphatic heterocycles. The SMILES string of the molecule is CC(C)=CCCC(C)=CCCC(C)=CCCC(C)=CCOP(=O)([O-])OP(=O)([O-])[O-].CC(C)=CCCC(C)=CCCC(C)=CCCC(C)=CCOP(=O)([O-])OP(=O)([O-])[O-].CC(C)=CCCC(C)=CCCC(C)=CCCC(C)=CCOP(=O)([O-])OP(=O)([O-])[O-].CC(C)=CCCC(C)=CCCC(C)=CCCC(C)=CCOP(=O)([O-])OP(=O)([O-])[O-].[C+4].[C+4].[C+4]. The Hall–Kier alpha value is -3.12. The third-order valence-corrected chi connectivity index (χ3v) is 24.3. The van der Waals surface area contributed by atoms with E-state index in [4.69, 9.17) is 0 Å². The molecule has 0 N–H and O–H groups in total. The third-order valence-electron chi connectivity index (χ3n) is 16.1. The van der Waals surface area contributed by atoms with E-state index in [9.17, 15) is 95.2 Å². The molecule has 0 aromatic rings. The zero-order valence-corrected chi connectivity index (χ0v) is 80.7. The van der Waals surface area contributed by atoms with Gasteiger partial charge in [-0.1, -0.05) is 186 Å². The fourth-order valence-corrected chi connectivity index (χ4v) is 15.3. The van der Waals surface area contributed by atoms with Gasteiger partial charge in [0, 0.05) is 0 Å². The molecule has 672 valence electrons. The topological polar surface area (TPSA) is 487 Å². The first-order valence-electron chi connectivity index (χ1n) is 38.4. The van der Waals surface area contributed by atoms with Crippen molar-refractivity contribution < 1.29 is 131 Å². The maximum absolute atomic E-state index is 11.1. The summed E-state index contributed by atoms with van der Waals surface area (Å²) in [6, 6.07) is 0. The van der Waals surface area contributed by atoms with Gasteiger partial charge in [-0.15, -0.1) is 0 Å². The second-order valence-corrected chi connectivity index (χ2v) is 40.1. The molecule has 4 atom stereocenters. The minimum absolute atomic E-state index is 0. The van der Waals surface area contributed by atoms with Crippen molar-refractivity contribution in [2.45, 2.75) is 293 Å². The molecule has 0 rings (SSSR count). The van der Waals surface area contributed by atoms with E-state index >= 15 is 0 Å². The van der Waals surface area contributed by atoms with Crippen LogP contribution in [0.3, 0.4) is 0 Å². The molecule has 0 aliphatic rings. The van der Waals surface area contributed by atoms with Crippen LogP contribution >= 0.6 is 62.6 Å². The molecule has 0 radical (unpaired) electrons. The van der Waals surface area contributed by atoms with E-state index in [1.165, 1.54) is 91.2 Å². The summed E-state index contributed by atoms with van der Waals surface area (Å²) in [5.41, 5.74) is 19.7. The summed E-state index contributed by atoms with van der Waals surface area (Å²) >= 11 is 0. The Morgan fingerprint density at radius 3 is 0.387 bits per heavy atom. The average molecular weight is 1830 g/mol. The molecule has 0 saturated heterocycles. The molecule has 0 bridgehead atoms. The van der Waals surface area contributed by atoms with Gasteiger partial charge >= 0.3 is 22.3 Å². The van der Waals surface area contributed by atoms with Gasteiger partial charge in [0.25, 0.3) is 31.3 Å². The van der Waals surface area contributed by atoms with Gasteiger partial charge in [-0.05, 0) is 293 Å². The fraction of sp³-hybridized carbons (Fsp3) is 0.578. The van der Waals surface area contributed by atoms with Crippen LogP contribution < -0.4 is 58.7 Å². The van der Waals surface area contributed by atoms with E-state index in [0.717, 1.165) is 151 Å². The van der Waals surface area contributed by atoms with E-state index < -0.39 is 62.6 Å². The summed E-state index contributed by atoms with van der Waals surface area (Å²) in [5, 5.41) is 0. The van der Waals surface area contributed by atoms with E-state index in [1.807, 2.05) is 27.7 Å². The molecule has 0 saturated carbocycles. The van der Waals surface area contributed by atoms with Crippen LogP contribution in [-0.4, -0.2) is 26.4 Å². The molecule has 0 amide bonds. The van der Waals surface area contributed by atoms with Gasteiger partial charge in [0.15, 0.2) is 0 Å². The molecule has 0 aromatic heterocycles. The number of rotatable bonds is 56. The van der Waals surface area contributed by atoms with Gasteiger partial charge in [-0.2, -0.15) is 0 Å². The molecule has 0 spiro atoms.